The van der Waals surface area contributed by atoms with E-state index in [1.54, 1.807) is 0 Å². The number of aliphatic imine (C=N–C) groups is 2. The molecule has 1 amide bonds. The van der Waals surface area contributed by atoms with Gasteiger partial charge >= 0.3 is 0 Å². The highest BCUT2D eigenvalue weighted by Crippen LogP contribution is 2.43. The van der Waals surface area contributed by atoms with Crippen LogP contribution in [0.2, 0.25) is 0 Å². The molecule has 1 fully saturated rings. The van der Waals surface area contributed by atoms with Crippen LogP contribution in [0.1, 0.15) is 31.2 Å². The van der Waals surface area contributed by atoms with Crippen molar-refractivity contribution in [2.45, 2.75) is 31.3 Å². The van der Waals surface area contributed by atoms with E-state index in [2.05, 4.69) is 15.3 Å². The Morgan fingerprint density at radius 2 is 1.72 bits per heavy atom. The van der Waals surface area contributed by atoms with E-state index in [1.807, 2.05) is 24.3 Å². The van der Waals surface area contributed by atoms with Gasteiger partial charge < -0.3 is 5.32 Å². The number of fused-ring (bicyclic) bond motifs is 3. The van der Waals surface area contributed by atoms with Gasteiger partial charge in [0.1, 0.15) is 0 Å². The number of hydrogen-bond acceptors (Lipinski definition) is 3. The first-order chi connectivity index (χ1) is 8.79. The second-order valence-electron chi connectivity index (χ2n) is 5.00. The molecule has 0 aromatic heterocycles. The van der Waals surface area contributed by atoms with Crippen molar-refractivity contribution in [2.24, 2.45) is 9.98 Å². The average molecular weight is 239 g/mol. The molecule has 1 aromatic carbocycles. The molecule has 1 saturated carbocycles. The molecule has 4 rings (SSSR count). The standard InChI is InChI=1S/C14H13N3O/c18-13-14(9-5-1-2-6-10(9)15-13)16-11-7-3-4-8-12(11)17-14/h1-2,5-6H,3-4,7-8H2,(H,15,18). The van der Waals surface area contributed by atoms with Crippen LogP contribution in [0.5, 0.6) is 0 Å². The van der Waals surface area contributed by atoms with Gasteiger partial charge in [-0.15, -0.1) is 0 Å². The fourth-order valence-corrected chi connectivity index (χ4v) is 2.98. The molecule has 0 unspecified atom stereocenters. The molecule has 2 heterocycles. The lowest BCUT2D eigenvalue weighted by Gasteiger charge is -2.13. The largest absolute Gasteiger partial charge is 0.321 e. The van der Waals surface area contributed by atoms with Crippen LogP contribution in [0, 0.1) is 0 Å². The zero-order chi connectivity index (χ0) is 12.2. The minimum absolute atomic E-state index is 0.113. The summed E-state index contributed by atoms with van der Waals surface area (Å²) in [4.78, 5) is 21.6. The highest BCUT2D eigenvalue weighted by Gasteiger charge is 2.50. The minimum Gasteiger partial charge on any atom is -0.321 e. The Kier molecular flexibility index (Phi) is 1.82. The summed E-state index contributed by atoms with van der Waals surface area (Å²) in [7, 11) is 0. The van der Waals surface area contributed by atoms with Crippen molar-refractivity contribution in [1.82, 2.24) is 0 Å². The van der Waals surface area contributed by atoms with Crippen molar-refractivity contribution in [2.75, 3.05) is 5.32 Å². The maximum Gasteiger partial charge on any atom is 0.279 e. The molecule has 4 heteroatoms. The third-order valence-electron chi connectivity index (χ3n) is 3.87. The van der Waals surface area contributed by atoms with Crippen LogP contribution in [-0.4, -0.2) is 17.3 Å². The molecule has 0 atom stereocenters. The number of carbonyl (C=O) groups excluding carboxylic acids is 1. The molecule has 0 saturated heterocycles. The Bertz CT molecular complexity index is 593. The molecular weight excluding hydrogens is 226 g/mol. The third kappa shape index (κ3) is 1.12. The first-order valence-electron chi connectivity index (χ1n) is 6.38. The Morgan fingerprint density at radius 3 is 2.44 bits per heavy atom. The van der Waals surface area contributed by atoms with E-state index in [4.69, 9.17) is 0 Å². The molecule has 1 N–H and O–H groups in total. The van der Waals surface area contributed by atoms with Crippen LogP contribution in [0.15, 0.2) is 34.3 Å². The summed E-state index contributed by atoms with van der Waals surface area (Å²) >= 11 is 0. The normalized spacial score (nSPS) is 23.2. The maximum atomic E-state index is 12.3. The van der Waals surface area contributed by atoms with E-state index in [1.165, 1.54) is 0 Å². The zero-order valence-electron chi connectivity index (χ0n) is 9.94. The molecule has 18 heavy (non-hydrogen) atoms. The van der Waals surface area contributed by atoms with Crippen LogP contribution in [0.3, 0.4) is 0 Å². The Labute approximate surface area is 105 Å². The van der Waals surface area contributed by atoms with Gasteiger partial charge in [0.15, 0.2) is 0 Å². The summed E-state index contributed by atoms with van der Waals surface area (Å²) in [6.07, 6.45) is 4.21. The van der Waals surface area contributed by atoms with Crippen molar-refractivity contribution in [3.63, 3.8) is 0 Å². The predicted molar refractivity (Wildman–Crippen MR) is 70.1 cm³/mol. The van der Waals surface area contributed by atoms with Gasteiger partial charge in [0.2, 0.25) is 0 Å². The van der Waals surface area contributed by atoms with E-state index >= 15 is 0 Å². The Balaban J connectivity index is 1.93. The van der Waals surface area contributed by atoms with Gasteiger partial charge in [-0.1, -0.05) is 18.2 Å². The van der Waals surface area contributed by atoms with E-state index < -0.39 is 5.66 Å². The fraction of sp³-hybridized carbons (Fsp3) is 0.357. The Morgan fingerprint density at radius 1 is 1.06 bits per heavy atom. The van der Waals surface area contributed by atoms with Crippen molar-refractivity contribution in [3.8, 4) is 0 Å². The number of amides is 1. The van der Waals surface area contributed by atoms with Gasteiger partial charge in [0.05, 0.1) is 11.4 Å². The number of para-hydroxylation sites is 1. The first kappa shape index (κ1) is 10.00. The quantitative estimate of drug-likeness (QED) is 0.741. The van der Waals surface area contributed by atoms with Crippen LogP contribution in [0.4, 0.5) is 5.69 Å². The number of hydrogen-bond donors (Lipinski definition) is 1. The topological polar surface area (TPSA) is 53.8 Å². The average Bonchev–Trinajstić information content (AvgIpc) is 2.90. The van der Waals surface area contributed by atoms with Crippen LogP contribution in [-0.2, 0) is 10.5 Å². The highest BCUT2D eigenvalue weighted by atomic mass is 16.2. The summed E-state index contributed by atoms with van der Waals surface area (Å²) < 4.78 is 0. The summed E-state index contributed by atoms with van der Waals surface area (Å²) in [5, 5.41) is 2.89. The van der Waals surface area contributed by atoms with Crippen LogP contribution >= 0.6 is 0 Å². The van der Waals surface area contributed by atoms with E-state index in [0.29, 0.717) is 0 Å². The highest BCUT2D eigenvalue weighted by molar-refractivity contribution is 6.45. The van der Waals surface area contributed by atoms with Crippen molar-refractivity contribution in [3.05, 3.63) is 29.8 Å². The molecular formula is C14H13N3O. The third-order valence-corrected chi connectivity index (χ3v) is 3.87. The molecule has 90 valence electrons. The van der Waals surface area contributed by atoms with Gasteiger partial charge in [0, 0.05) is 11.3 Å². The number of rotatable bonds is 0. The molecule has 0 bridgehead atoms. The van der Waals surface area contributed by atoms with Gasteiger partial charge in [-0.25, -0.2) is 9.98 Å². The lowest BCUT2D eigenvalue weighted by Crippen LogP contribution is -2.28. The van der Waals surface area contributed by atoms with Gasteiger partial charge in [-0.2, -0.15) is 0 Å². The molecule has 1 spiro atoms. The van der Waals surface area contributed by atoms with Crippen LogP contribution < -0.4 is 5.32 Å². The second kappa shape index (κ2) is 3.28. The number of nitrogens with one attached hydrogen (secondary N) is 1. The fourth-order valence-electron chi connectivity index (χ4n) is 2.98. The molecule has 0 radical (unpaired) electrons. The molecule has 4 nitrogen and oxygen atoms in total. The first-order valence-corrected chi connectivity index (χ1v) is 6.38. The predicted octanol–water partition coefficient (Wildman–Crippen LogP) is 2.26. The Hall–Kier alpha value is -1.97. The SMILES string of the molecule is O=C1Nc2ccccc2C12N=C1CCCCC1=N2. The minimum atomic E-state index is -1.01. The van der Waals surface area contributed by atoms with Gasteiger partial charge in [0.25, 0.3) is 11.6 Å². The van der Waals surface area contributed by atoms with Gasteiger partial charge in [-0.05, 0) is 31.7 Å². The summed E-state index contributed by atoms with van der Waals surface area (Å²) in [5.41, 5.74) is 2.80. The molecule has 2 aliphatic heterocycles. The summed E-state index contributed by atoms with van der Waals surface area (Å²) in [6, 6.07) is 7.70. The smallest absolute Gasteiger partial charge is 0.279 e. The molecule has 1 aliphatic carbocycles. The molecule has 3 aliphatic rings. The number of benzene rings is 1. The number of nitrogens with zero attached hydrogens (tertiary/aromatic N) is 2. The second-order valence-corrected chi connectivity index (χ2v) is 5.00. The van der Waals surface area contributed by atoms with Crippen LogP contribution in [0.25, 0.3) is 0 Å². The number of anilines is 1. The van der Waals surface area contributed by atoms with E-state index in [9.17, 15) is 4.79 Å². The summed E-state index contributed by atoms with van der Waals surface area (Å²) in [5.74, 6) is -0.113. The number of carbonyl (C=O) groups is 1. The van der Waals surface area contributed by atoms with Crippen molar-refractivity contribution >= 4 is 23.0 Å². The maximum absolute atomic E-state index is 12.3. The lowest BCUT2D eigenvalue weighted by atomic mass is 9.97. The molecule has 1 aromatic rings. The van der Waals surface area contributed by atoms with Crippen molar-refractivity contribution in [1.29, 1.82) is 0 Å². The van der Waals surface area contributed by atoms with Gasteiger partial charge in [-0.3, -0.25) is 4.79 Å². The monoisotopic (exact) mass is 239 g/mol. The lowest BCUT2D eigenvalue weighted by molar-refractivity contribution is -0.120. The van der Waals surface area contributed by atoms with Crippen molar-refractivity contribution < 1.29 is 4.79 Å². The van der Waals surface area contributed by atoms with E-state index in [0.717, 1.165) is 48.4 Å². The van der Waals surface area contributed by atoms with E-state index in [-0.39, 0.29) is 5.91 Å². The summed E-state index contributed by atoms with van der Waals surface area (Å²) in [6.45, 7) is 0. The zero-order valence-corrected chi connectivity index (χ0v) is 9.94.